The zero-order valence-electron chi connectivity index (χ0n) is 9.08. The van der Waals surface area contributed by atoms with Crippen LogP contribution in [0, 0.1) is 0 Å². The summed E-state index contributed by atoms with van der Waals surface area (Å²) in [6, 6.07) is 11.9. The Bertz CT molecular complexity index is 547. The zero-order chi connectivity index (χ0) is 12.1. The van der Waals surface area contributed by atoms with E-state index < -0.39 is 0 Å². The molecule has 0 fully saturated rings. The van der Waals surface area contributed by atoms with Gasteiger partial charge in [0, 0.05) is 6.20 Å². The molecule has 0 saturated carbocycles. The van der Waals surface area contributed by atoms with Crippen molar-refractivity contribution in [2.75, 3.05) is 0 Å². The molecule has 0 spiro atoms. The van der Waals surface area contributed by atoms with Crippen molar-refractivity contribution in [3.63, 3.8) is 0 Å². The molecule has 0 aliphatic rings. The van der Waals surface area contributed by atoms with Crippen LogP contribution in [0.2, 0.25) is 0 Å². The van der Waals surface area contributed by atoms with E-state index in [-0.39, 0.29) is 11.5 Å². The number of aromatic nitrogens is 1. The summed E-state index contributed by atoms with van der Waals surface area (Å²) in [6.45, 7) is 0. The largest absolute Gasteiger partial charge is 0.507 e. The molecule has 1 aromatic carbocycles. The van der Waals surface area contributed by atoms with E-state index in [0.717, 1.165) is 0 Å². The Kier molecular flexibility index (Phi) is 3.31. The number of carbonyl (C=O) groups excluding carboxylic acids is 1. The molecule has 0 aliphatic heterocycles. The van der Waals surface area contributed by atoms with Crippen LogP contribution in [0.1, 0.15) is 16.1 Å². The minimum Gasteiger partial charge on any atom is -0.507 e. The first-order valence-corrected chi connectivity index (χ1v) is 5.19. The second kappa shape index (κ2) is 5.07. The van der Waals surface area contributed by atoms with Gasteiger partial charge in [-0.2, -0.15) is 0 Å². The molecule has 1 N–H and O–H groups in total. The minimum atomic E-state index is -0.242. The monoisotopic (exact) mass is 225 g/mol. The first-order chi connectivity index (χ1) is 8.27. The maximum absolute atomic E-state index is 11.8. The molecular weight excluding hydrogens is 214 g/mol. The predicted molar refractivity (Wildman–Crippen MR) is 65.7 cm³/mol. The van der Waals surface area contributed by atoms with E-state index >= 15 is 0 Å². The van der Waals surface area contributed by atoms with E-state index in [1.165, 1.54) is 12.1 Å². The van der Waals surface area contributed by atoms with Gasteiger partial charge in [0.05, 0.1) is 11.3 Å². The van der Waals surface area contributed by atoms with E-state index in [9.17, 15) is 9.90 Å². The van der Waals surface area contributed by atoms with Crippen LogP contribution in [0.15, 0.2) is 54.7 Å². The van der Waals surface area contributed by atoms with E-state index in [1.807, 2.05) is 12.1 Å². The van der Waals surface area contributed by atoms with Crippen LogP contribution >= 0.6 is 0 Å². The molecule has 1 aromatic heterocycles. The van der Waals surface area contributed by atoms with Gasteiger partial charge in [0.1, 0.15) is 5.75 Å². The Morgan fingerprint density at radius 3 is 2.59 bits per heavy atom. The van der Waals surface area contributed by atoms with Gasteiger partial charge >= 0.3 is 0 Å². The summed E-state index contributed by atoms with van der Waals surface area (Å²) in [5.41, 5.74) is 0.996. The molecule has 0 unspecified atom stereocenters. The highest BCUT2D eigenvalue weighted by Crippen LogP contribution is 2.16. The summed E-state index contributed by atoms with van der Waals surface area (Å²) < 4.78 is 0. The van der Waals surface area contributed by atoms with Gasteiger partial charge in [0.15, 0.2) is 5.78 Å². The maximum atomic E-state index is 11.8. The number of phenols is 1. The third-order valence-electron chi connectivity index (χ3n) is 2.26. The van der Waals surface area contributed by atoms with E-state index in [1.54, 1.807) is 36.5 Å². The fraction of sp³-hybridized carbons (Fsp3) is 0. The second-order valence-corrected chi connectivity index (χ2v) is 3.47. The molecule has 1 heterocycles. The fourth-order valence-corrected chi connectivity index (χ4v) is 1.41. The molecular formula is C14H11NO2. The number of pyridine rings is 1. The van der Waals surface area contributed by atoms with Crippen LogP contribution < -0.4 is 0 Å². The molecule has 0 amide bonds. The molecule has 0 atom stereocenters. The van der Waals surface area contributed by atoms with E-state index in [0.29, 0.717) is 11.3 Å². The number of ketones is 1. The van der Waals surface area contributed by atoms with Gasteiger partial charge in [-0.25, -0.2) is 0 Å². The van der Waals surface area contributed by atoms with Crippen LogP contribution in [0.5, 0.6) is 5.75 Å². The third kappa shape index (κ3) is 2.78. The highest BCUT2D eigenvalue weighted by molar-refractivity contribution is 6.08. The average Bonchev–Trinajstić information content (AvgIpc) is 2.38. The van der Waals surface area contributed by atoms with Gasteiger partial charge in [-0.3, -0.25) is 9.78 Å². The molecule has 2 aromatic rings. The zero-order valence-corrected chi connectivity index (χ0v) is 9.08. The Morgan fingerprint density at radius 2 is 1.88 bits per heavy atom. The highest BCUT2D eigenvalue weighted by atomic mass is 16.3. The predicted octanol–water partition coefficient (Wildman–Crippen LogP) is 2.68. The van der Waals surface area contributed by atoms with E-state index in [4.69, 9.17) is 0 Å². The average molecular weight is 225 g/mol. The number of benzene rings is 1. The standard InChI is InChI=1S/C14H11NO2/c16-13-7-2-1-6-12(13)14(17)9-8-11-5-3-4-10-15-11/h1-10,16H/b9-8-. The lowest BCUT2D eigenvalue weighted by Gasteiger charge is -1.98. The summed E-state index contributed by atoms with van der Waals surface area (Å²) >= 11 is 0. The Balaban J connectivity index is 2.18. The first-order valence-electron chi connectivity index (χ1n) is 5.19. The summed E-state index contributed by atoms with van der Waals surface area (Å²) in [4.78, 5) is 15.8. The van der Waals surface area contributed by atoms with Crippen LogP contribution in [0.25, 0.3) is 6.08 Å². The number of carbonyl (C=O) groups is 1. The van der Waals surface area contributed by atoms with Crippen molar-refractivity contribution in [3.05, 3.63) is 66.0 Å². The lowest BCUT2D eigenvalue weighted by Crippen LogP contribution is -1.94. The number of nitrogens with zero attached hydrogens (tertiary/aromatic N) is 1. The van der Waals surface area contributed by atoms with Gasteiger partial charge < -0.3 is 5.11 Å². The van der Waals surface area contributed by atoms with Crippen molar-refractivity contribution in [2.24, 2.45) is 0 Å². The van der Waals surface area contributed by atoms with Gasteiger partial charge in [0.25, 0.3) is 0 Å². The molecule has 3 nitrogen and oxygen atoms in total. The molecule has 0 aliphatic carbocycles. The second-order valence-electron chi connectivity index (χ2n) is 3.47. The topological polar surface area (TPSA) is 50.2 Å². The quantitative estimate of drug-likeness (QED) is 0.645. The van der Waals surface area contributed by atoms with Gasteiger partial charge in [0.2, 0.25) is 0 Å². The highest BCUT2D eigenvalue weighted by Gasteiger charge is 2.06. The number of phenolic OH excluding ortho intramolecular Hbond substituents is 1. The lowest BCUT2D eigenvalue weighted by atomic mass is 10.1. The van der Waals surface area contributed by atoms with Crippen molar-refractivity contribution in [1.29, 1.82) is 0 Å². The van der Waals surface area contributed by atoms with Crippen molar-refractivity contribution >= 4 is 11.9 Å². The third-order valence-corrected chi connectivity index (χ3v) is 2.26. The number of rotatable bonds is 3. The van der Waals surface area contributed by atoms with Crippen LogP contribution in [0.3, 0.4) is 0 Å². The SMILES string of the molecule is O=C(/C=C\c1ccccn1)c1ccccc1O. The number of hydrogen-bond acceptors (Lipinski definition) is 3. The van der Waals surface area contributed by atoms with Gasteiger partial charge in [-0.1, -0.05) is 18.2 Å². The summed E-state index contributed by atoms with van der Waals surface area (Å²) in [5, 5.41) is 9.51. The van der Waals surface area contributed by atoms with E-state index in [2.05, 4.69) is 4.98 Å². The molecule has 0 saturated heterocycles. The number of aromatic hydroxyl groups is 1. The summed E-state index contributed by atoms with van der Waals surface area (Å²) in [5.74, 6) is -0.253. The Hall–Kier alpha value is -2.42. The maximum Gasteiger partial charge on any atom is 0.189 e. The van der Waals surface area contributed by atoms with Crippen molar-refractivity contribution in [3.8, 4) is 5.75 Å². The molecule has 3 heteroatoms. The molecule has 0 radical (unpaired) electrons. The smallest absolute Gasteiger partial charge is 0.189 e. The Labute approximate surface area is 99.1 Å². The molecule has 0 bridgehead atoms. The summed E-state index contributed by atoms with van der Waals surface area (Å²) in [7, 11) is 0. The van der Waals surface area contributed by atoms with Gasteiger partial charge in [-0.15, -0.1) is 0 Å². The van der Waals surface area contributed by atoms with Crippen LogP contribution in [-0.4, -0.2) is 15.9 Å². The normalized spacial score (nSPS) is 10.6. The molecule has 84 valence electrons. The number of allylic oxidation sites excluding steroid dienone is 1. The van der Waals surface area contributed by atoms with Crippen LogP contribution in [0.4, 0.5) is 0 Å². The van der Waals surface area contributed by atoms with Crippen LogP contribution in [-0.2, 0) is 0 Å². The summed E-state index contributed by atoms with van der Waals surface area (Å²) in [6.07, 6.45) is 4.68. The molecule has 2 rings (SSSR count). The molecule has 17 heavy (non-hydrogen) atoms. The number of para-hydroxylation sites is 1. The number of hydrogen-bond donors (Lipinski definition) is 1. The fourth-order valence-electron chi connectivity index (χ4n) is 1.41. The van der Waals surface area contributed by atoms with Crippen molar-refractivity contribution in [2.45, 2.75) is 0 Å². The van der Waals surface area contributed by atoms with Crippen molar-refractivity contribution < 1.29 is 9.90 Å². The Morgan fingerprint density at radius 1 is 1.12 bits per heavy atom. The lowest BCUT2D eigenvalue weighted by molar-refractivity contribution is 0.104. The first kappa shape index (κ1) is 11.1. The van der Waals surface area contributed by atoms with Crippen molar-refractivity contribution in [1.82, 2.24) is 4.98 Å². The minimum absolute atomic E-state index is 0.0110. The van der Waals surface area contributed by atoms with Gasteiger partial charge in [-0.05, 0) is 36.4 Å².